The summed E-state index contributed by atoms with van der Waals surface area (Å²) in [6, 6.07) is 8.73. The Balaban J connectivity index is 1.53. The monoisotopic (exact) mass is 466 g/mol. The van der Waals surface area contributed by atoms with Crippen molar-refractivity contribution >= 4 is 46.4 Å². The Labute approximate surface area is 193 Å². The molecule has 1 spiro atoms. The maximum Gasteiger partial charge on any atom is 0.269 e. The van der Waals surface area contributed by atoms with Crippen LogP contribution in [0.3, 0.4) is 0 Å². The van der Waals surface area contributed by atoms with E-state index in [0.29, 0.717) is 29.2 Å². The van der Waals surface area contributed by atoms with Gasteiger partial charge in [0.05, 0.1) is 33.2 Å². The fraction of sp³-hybridized carbons (Fsp3) is 0.348. The predicted octanol–water partition coefficient (Wildman–Crippen LogP) is 2.99. The van der Waals surface area contributed by atoms with Gasteiger partial charge >= 0.3 is 0 Å². The van der Waals surface area contributed by atoms with Crippen molar-refractivity contribution in [2.45, 2.75) is 31.3 Å². The van der Waals surface area contributed by atoms with Gasteiger partial charge in [0.2, 0.25) is 11.8 Å². The molecule has 4 aliphatic heterocycles. The van der Waals surface area contributed by atoms with Crippen molar-refractivity contribution in [3.05, 3.63) is 62.7 Å². The summed E-state index contributed by atoms with van der Waals surface area (Å²) in [5.74, 6) is -2.74. The minimum Gasteiger partial charge on any atom is -0.323 e. The number of nitro benzene ring substituents is 1. The second kappa shape index (κ2) is 6.61. The molecule has 0 saturated carbocycles. The number of amides is 3. The normalized spacial score (nSPS) is 30.1. The number of rotatable bonds is 2. The number of fused-ring (bicyclic) bond motifs is 7. The Kier molecular flexibility index (Phi) is 4.07. The van der Waals surface area contributed by atoms with Crippen LogP contribution in [0.1, 0.15) is 24.0 Å². The quantitative estimate of drug-likeness (QED) is 0.413. The van der Waals surface area contributed by atoms with Crippen LogP contribution in [0, 0.1) is 28.9 Å². The zero-order valence-electron chi connectivity index (χ0n) is 17.6. The lowest BCUT2D eigenvalue weighted by atomic mass is 9.75. The van der Waals surface area contributed by atoms with Gasteiger partial charge in [-0.3, -0.25) is 29.4 Å². The lowest BCUT2D eigenvalue weighted by molar-refractivity contribution is -0.384. The minimum atomic E-state index is -1.31. The second-order valence-corrected chi connectivity index (χ2v) is 9.49. The smallest absolute Gasteiger partial charge is 0.269 e. The van der Waals surface area contributed by atoms with Gasteiger partial charge < -0.3 is 5.32 Å². The van der Waals surface area contributed by atoms with Crippen LogP contribution in [0.15, 0.2) is 36.4 Å². The SMILES string of the molecule is Cc1cc(Cl)c2c(c1)[C@@]1(C(=O)N2)[C@H]2C(=O)N(c3ccc([N+](=O)[O-])cc3)C(=O)[C@@H]2[C@H]2CCCN21. The number of hydrogen-bond donors (Lipinski definition) is 1. The first-order valence-corrected chi connectivity index (χ1v) is 11.2. The molecule has 0 radical (unpaired) electrons. The molecule has 4 aliphatic rings. The Morgan fingerprint density at radius 2 is 1.88 bits per heavy atom. The van der Waals surface area contributed by atoms with Crippen molar-refractivity contribution in [3.8, 4) is 0 Å². The molecular formula is C23H19ClN4O5. The van der Waals surface area contributed by atoms with Gasteiger partial charge in [0.25, 0.3) is 11.6 Å². The number of non-ortho nitro benzene ring substituents is 1. The summed E-state index contributed by atoms with van der Waals surface area (Å²) >= 11 is 6.47. The van der Waals surface area contributed by atoms with E-state index >= 15 is 0 Å². The van der Waals surface area contributed by atoms with E-state index < -0.39 is 28.2 Å². The van der Waals surface area contributed by atoms with E-state index in [2.05, 4.69) is 5.32 Å². The molecular weight excluding hydrogens is 448 g/mol. The van der Waals surface area contributed by atoms with Crippen LogP contribution in [-0.4, -0.2) is 40.1 Å². The first-order chi connectivity index (χ1) is 15.8. The number of aryl methyl sites for hydroxylation is 1. The van der Waals surface area contributed by atoms with Crippen LogP contribution in [0.2, 0.25) is 5.02 Å². The van der Waals surface area contributed by atoms with E-state index in [9.17, 15) is 24.5 Å². The zero-order chi connectivity index (χ0) is 23.2. The van der Waals surface area contributed by atoms with Gasteiger partial charge in [0.15, 0.2) is 0 Å². The molecule has 0 unspecified atom stereocenters. The standard InChI is InChI=1S/C23H19ClN4O5/c1-11-9-14-19(15(24)10-11)25-22(31)23(14)18-17(16-3-2-8-26(16)23)20(29)27(21(18)30)12-4-6-13(7-5-12)28(32)33/h4-7,9-10,16-18H,2-3,8H2,1H3,(H,25,31)/t16-,17-,18-,23+/m1/s1. The van der Waals surface area contributed by atoms with Gasteiger partial charge in [-0.25, -0.2) is 4.90 Å². The Morgan fingerprint density at radius 1 is 1.15 bits per heavy atom. The second-order valence-electron chi connectivity index (χ2n) is 9.08. The number of benzene rings is 2. The number of carbonyl (C=O) groups is 3. The highest BCUT2D eigenvalue weighted by molar-refractivity contribution is 6.35. The van der Waals surface area contributed by atoms with Gasteiger partial charge in [-0.15, -0.1) is 0 Å². The fourth-order valence-corrected chi connectivity index (χ4v) is 6.69. The molecule has 4 heterocycles. The molecule has 2 aromatic rings. The molecule has 1 N–H and O–H groups in total. The predicted molar refractivity (Wildman–Crippen MR) is 119 cm³/mol. The Bertz CT molecular complexity index is 1280. The lowest BCUT2D eigenvalue weighted by Crippen LogP contribution is -2.54. The highest BCUT2D eigenvalue weighted by Gasteiger charge is 2.74. The molecule has 9 nitrogen and oxygen atoms in total. The number of nitro groups is 1. The van der Waals surface area contributed by atoms with E-state index in [-0.39, 0.29) is 29.2 Å². The van der Waals surface area contributed by atoms with Crippen LogP contribution >= 0.6 is 11.6 Å². The molecule has 0 aromatic heterocycles. The van der Waals surface area contributed by atoms with Gasteiger partial charge in [0.1, 0.15) is 5.54 Å². The van der Waals surface area contributed by atoms with Crippen LogP contribution < -0.4 is 10.2 Å². The van der Waals surface area contributed by atoms with Gasteiger partial charge in [-0.2, -0.15) is 0 Å². The van der Waals surface area contributed by atoms with E-state index in [4.69, 9.17) is 11.6 Å². The summed E-state index contributed by atoms with van der Waals surface area (Å²) in [4.78, 5) is 54.8. The highest BCUT2D eigenvalue weighted by Crippen LogP contribution is 2.61. The van der Waals surface area contributed by atoms with E-state index in [0.717, 1.165) is 16.9 Å². The zero-order valence-corrected chi connectivity index (χ0v) is 18.3. The minimum absolute atomic E-state index is 0.134. The summed E-state index contributed by atoms with van der Waals surface area (Å²) < 4.78 is 0. The summed E-state index contributed by atoms with van der Waals surface area (Å²) in [6.45, 7) is 2.48. The van der Waals surface area contributed by atoms with E-state index in [1.807, 2.05) is 17.9 Å². The Hall–Kier alpha value is -3.30. The molecule has 3 fully saturated rings. The fourth-order valence-electron chi connectivity index (χ4n) is 6.37. The summed E-state index contributed by atoms with van der Waals surface area (Å²) in [7, 11) is 0. The molecule has 10 heteroatoms. The molecule has 0 bridgehead atoms. The average Bonchev–Trinajstić information content (AvgIpc) is 3.47. The highest BCUT2D eigenvalue weighted by atomic mass is 35.5. The molecule has 3 amide bonds. The molecule has 168 valence electrons. The number of nitrogens with one attached hydrogen (secondary N) is 1. The van der Waals surface area contributed by atoms with E-state index in [1.54, 1.807) is 6.07 Å². The Morgan fingerprint density at radius 3 is 2.58 bits per heavy atom. The molecule has 6 rings (SSSR count). The van der Waals surface area contributed by atoms with Crippen molar-refractivity contribution in [1.29, 1.82) is 0 Å². The number of nitrogens with zero attached hydrogens (tertiary/aromatic N) is 3. The van der Waals surface area contributed by atoms with Crippen LogP contribution in [0.4, 0.5) is 17.1 Å². The van der Waals surface area contributed by atoms with E-state index in [1.165, 1.54) is 24.3 Å². The van der Waals surface area contributed by atoms with Gasteiger partial charge in [-0.05, 0) is 50.1 Å². The number of imide groups is 1. The third-order valence-corrected chi connectivity index (χ3v) is 7.81. The summed E-state index contributed by atoms with van der Waals surface area (Å²) in [5.41, 5.74) is 0.823. The topological polar surface area (TPSA) is 113 Å². The molecule has 0 aliphatic carbocycles. The van der Waals surface area contributed by atoms with Crippen molar-refractivity contribution in [1.82, 2.24) is 4.90 Å². The van der Waals surface area contributed by atoms with Crippen molar-refractivity contribution in [2.24, 2.45) is 11.8 Å². The molecule has 33 heavy (non-hydrogen) atoms. The van der Waals surface area contributed by atoms with Crippen molar-refractivity contribution in [2.75, 3.05) is 16.8 Å². The van der Waals surface area contributed by atoms with Gasteiger partial charge in [0, 0.05) is 23.7 Å². The molecule has 4 atom stereocenters. The van der Waals surface area contributed by atoms with Crippen LogP contribution in [0.5, 0.6) is 0 Å². The first-order valence-electron chi connectivity index (χ1n) is 10.8. The maximum atomic E-state index is 13.9. The van der Waals surface area contributed by atoms with Crippen LogP contribution in [-0.2, 0) is 19.9 Å². The van der Waals surface area contributed by atoms with Crippen molar-refractivity contribution in [3.63, 3.8) is 0 Å². The maximum absolute atomic E-state index is 13.9. The third kappa shape index (κ3) is 2.38. The number of anilines is 2. The molecule has 3 saturated heterocycles. The lowest BCUT2D eigenvalue weighted by Gasteiger charge is -2.36. The number of hydrogen-bond acceptors (Lipinski definition) is 6. The largest absolute Gasteiger partial charge is 0.323 e. The summed E-state index contributed by atoms with van der Waals surface area (Å²) in [5, 5.41) is 14.3. The number of halogens is 1. The summed E-state index contributed by atoms with van der Waals surface area (Å²) in [6.07, 6.45) is 1.52. The van der Waals surface area contributed by atoms with Gasteiger partial charge in [-0.1, -0.05) is 17.7 Å². The molecule has 2 aromatic carbocycles. The number of carbonyl (C=O) groups excluding carboxylic acids is 3. The van der Waals surface area contributed by atoms with Crippen molar-refractivity contribution < 1.29 is 19.3 Å². The van der Waals surface area contributed by atoms with Crippen LogP contribution in [0.25, 0.3) is 0 Å². The third-order valence-electron chi connectivity index (χ3n) is 7.52. The first kappa shape index (κ1) is 20.3. The average molecular weight is 467 g/mol.